The fraction of sp³-hybridized carbons (Fsp3) is 0.269. The number of fused-ring (bicyclic) bond motifs is 1. The van der Waals surface area contributed by atoms with Crippen molar-refractivity contribution < 1.29 is 9.59 Å². The number of benzene rings is 2. The van der Waals surface area contributed by atoms with Crippen molar-refractivity contribution in [1.29, 1.82) is 0 Å². The quantitative estimate of drug-likeness (QED) is 0.391. The maximum atomic E-state index is 13.9. The molecule has 2 aromatic heterocycles. The molecule has 0 saturated heterocycles. The summed E-state index contributed by atoms with van der Waals surface area (Å²) in [6, 6.07) is 16.8. The summed E-state index contributed by atoms with van der Waals surface area (Å²) in [4.78, 5) is 33.2. The van der Waals surface area contributed by atoms with Crippen LogP contribution in [0.1, 0.15) is 38.8 Å². The van der Waals surface area contributed by atoms with E-state index in [1.807, 2.05) is 45.0 Å². The van der Waals surface area contributed by atoms with Crippen molar-refractivity contribution in [3.05, 3.63) is 83.6 Å². The van der Waals surface area contributed by atoms with E-state index in [4.69, 9.17) is 11.6 Å². The predicted molar refractivity (Wildman–Crippen MR) is 136 cm³/mol. The van der Waals surface area contributed by atoms with Crippen LogP contribution in [0.15, 0.2) is 73.1 Å². The molecule has 2 heterocycles. The third-order valence-corrected chi connectivity index (χ3v) is 6.17. The molecule has 1 N–H and O–H groups in total. The molecule has 180 valence electrons. The molecule has 2 aromatic carbocycles. The first-order valence-electron chi connectivity index (χ1n) is 11.4. The minimum Gasteiger partial charge on any atom is -0.349 e. The second-order valence-corrected chi connectivity index (χ2v) is 9.33. The zero-order valence-corrected chi connectivity index (χ0v) is 20.6. The lowest BCUT2D eigenvalue weighted by Crippen LogP contribution is -2.51. The van der Waals surface area contributed by atoms with Crippen molar-refractivity contribution in [2.75, 3.05) is 4.90 Å². The SMILES string of the molecule is CCC(C)(C)NC(=O)C(c1ccncc1)N(C(=O)Cn1nnc2ccccc21)c1cccc(Cl)c1. The zero-order valence-electron chi connectivity index (χ0n) is 19.9. The van der Waals surface area contributed by atoms with Crippen molar-refractivity contribution >= 4 is 40.1 Å². The van der Waals surface area contributed by atoms with Gasteiger partial charge in [-0.1, -0.05) is 41.9 Å². The van der Waals surface area contributed by atoms with E-state index in [1.54, 1.807) is 48.8 Å². The van der Waals surface area contributed by atoms with Crippen LogP contribution in [0, 0.1) is 0 Å². The van der Waals surface area contributed by atoms with Gasteiger partial charge >= 0.3 is 0 Å². The molecule has 0 radical (unpaired) electrons. The van der Waals surface area contributed by atoms with Crippen molar-refractivity contribution in [3.63, 3.8) is 0 Å². The summed E-state index contributed by atoms with van der Waals surface area (Å²) in [5.74, 6) is -0.644. The highest BCUT2D eigenvalue weighted by atomic mass is 35.5. The lowest BCUT2D eigenvalue weighted by molar-refractivity contribution is -0.128. The highest BCUT2D eigenvalue weighted by Gasteiger charge is 2.35. The van der Waals surface area contributed by atoms with Gasteiger partial charge in [-0.15, -0.1) is 5.10 Å². The lowest BCUT2D eigenvalue weighted by Gasteiger charge is -2.34. The predicted octanol–water partition coefficient (Wildman–Crippen LogP) is 4.56. The van der Waals surface area contributed by atoms with Gasteiger partial charge in [0.2, 0.25) is 11.8 Å². The van der Waals surface area contributed by atoms with E-state index >= 15 is 0 Å². The first-order chi connectivity index (χ1) is 16.8. The Morgan fingerprint density at radius 1 is 1.09 bits per heavy atom. The molecule has 0 bridgehead atoms. The van der Waals surface area contributed by atoms with Gasteiger partial charge in [0.15, 0.2) is 0 Å². The highest BCUT2D eigenvalue weighted by molar-refractivity contribution is 6.31. The fourth-order valence-corrected chi connectivity index (χ4v) is 3.94. The summed E-state index contributed by atoms with van der Waals surface area (Å²) in [6.07, 6.45) is 3.93. The third-order valence-electron chi connectivity index (χ3n) is 5.93. The Hall–Kier alpha value is -3.78. The van der Waals surface area contributed by atoms with Crippen LogP contribution in [0.2, 0.25) is 5.02 Å². The Balaban J connectivity index is 1.81. The van der Waals surface area contributed by atoms with E-state index in [0.717, 1.165) is 11.9 Å². The number of amides is 2. The summed E-state index contributed by atoms with van der Waals surface area (Å²) in [6.45, 7) is 5.78. The molecular weight excluding hydrogens is 464 g/mol. The monoisotopic (exact) mass is 490 g/mol. The van der Waals surface area contributed by atoms with Crippen LogP contribution < -0.4 is 10.2 Å². The largest absolute Gasteiger partial charge is 0.349 e. The average Bonchev–Trinajstić information content (AvgIpc) is 3.25. The molecule has 0 saturated carbocycles. The number of pyridine rings is 1. The molecule has 0 spiro atoms. The summed E-state index contributed by atoms with van der Waals surface area (Å²) in [7, 11) is 0. The lowest BCUT2D eigenvalue weighted by atomic mass is 9.98. The average molecular weight is 491 g/mol. The molecule has 2 amide bonds. The standard InChI is InChI=1S/C26H27ClN6O2/c1-4-26(2,3)29-25(35)24(18-12-14-28-15-13-18)33(20-9-7-8-19(27)16-20)23(34)17-32-22-11-6-5-10-21(22)30-31-32/h5-16,24H,4,17H2,1-3H3,(H,29,35). The van der Waals surface area contributed by atoms with Gasteiger partial charge in [0, 0.05) is 28.6 Å². The molecule has 4 rings (SSSR count). The number of nitrogens with zero attached hydrogens (tertiary/aromatic N) is 5. The Kier molecular flexibility index (Phi) is 7.12. The van der Waals surface area contributed by atoms with Crippen molar-refractivity contribution in [1.82, 2.24) is 25.3 Å². The van der Waals surface area contributed by atoms with E-state index in [-0.39, 0.29) is 18.4 Å². The Labute approximate surface area is 208 Å². The van der Waals surface area contributed by atoms with Gasteiger partial charge < -0.3 is 5.32 Å². The van der Waals surface area contributed by atoms with Crippen molar-refractivity contribution in [2.45, 2.75) is 45.3 Å². The molecule has 0 aliphatic carbocycles. The smallest absolute Gasteiger partial charge is 0.249 e. The number of rotatable bonds is 8. The number of carbonyl (C=O) groups is 2. The number of hydrogen-bond acceptors (Lipinski definition) is 5. The van der Waals surface area contributed by atoms with Crippen LogP contribution in [-0.4, -0.2) is 37.3 Å². The molecule has 0 aliphatic heterocycles. The highest BCUT2D eigenvalue weighted by Crippen LogP contribution is 2.31. The second kappa shape index (κ2) is 10.2. The Bertz CT molecular complexity index is 1340. The minimum atomic E-state index is -0.954. The number of nitrogens with one attached hydrogen (secondary N) is 1. The Morgan fingerprint density at radius 2 is 1.83 bits per heavy atom. The van der Waals surface area contributed by atoms with Gasteiger partial charge in [-0.25, -0.2) is 4.68 Å². The molecule has 0 aliphatic rings. The van der Waals surface area contributed by atoms with Crippen LogP contribution in [0.25, 0.3) is 11.0 Å². The van der Waals surface area contributed by atoms with Crippen LogP contribution in [-0.2, 0) is 16.1 Å². The first kappa shape index (κ1) is 24.3. The molecule has 1 unspecified atom stereocenters. The molecule has 1 atom stereocenters. The van der Waals surface area contributed by atoms with Crippen molar-refractivity contribution in [3.8, 4) is 0 Å². The van der Waals surface area contributed by atoms with E-state index in [0.29, 0.717) is 21.8 Å². The minimum absolute atomic E-state index is 0.112. The van der Waals surface area contributed by atoms with Gasteiger partial charge in [-0.3, -0.25) is 19.5 Å². The van der Waals surface area contributed by atoms with E-state index in [9.17, 15) is 9.59 Å². The van der Waals surface area contributed by atoms with E-state index in [2.05, 4.69) is 20.6 Å². The van der Waals surface area contributed by atoms with Crippen LogP contribution in [0.3, 0.4) is 0 Å². The second-order valence-electron chi connectivity index (χ2n) is 8.89. The summed E-state index contributed by atoms with van der Waals surface area (Å²) in [5.41, 5.74) is 2.07. The van der Waals surface area contributed by atoms with E-state index in [1.165, 1.54) is 9.58 Å². The zero-order chi connectivity index (χ0) is 25.0. The molecule has 9 heteroatoms. The van der Waals surface area contributed by atoms with Gasteiger partial charge in [0.05, 0.1) is 5.52 Å². The number of para-hydroxylation sites is 1. The number of carbonyl (C=O) groups excluding carboxylic acids is 2. The van der Waals surface area contributed by atoms with Crippen LogP contribution in [0.5, 0.6) is 0 Å². The number of anilines is 1. The normalized spacial score (nSPS) is 12.3. The fourth-order valence-electron chi connectivity index (χ4n) is 3.76. The van der Waals surface area contributed by atoms with Gasteiger partial charge in [0.25, 0.3) is 0 Å². The van der Waals surface area contributed by atoms with Crippen LogP contribution >= 0.6 is 11.6 Å². The molecular formula is C26H27ClN6O2. The number of hydrogen-bond donors (Lipinski definition) is 1. The summed E-state index contributed by atoms with van der Waals surface area (Å²) < 4.78 is 1.53. The van der Waals surface area contributed by atoms with Crippen LogP contribution in [0.4, 0.5) is 5.69 Å². The Morgan fingerprint density at radius 3 is 2.54 bits per heavy atom. The topological polar surface area (TPSA) is 93.0 Å². The molecule has 4 aromatic rings. The third kappa shape index (κ3) is 5.49. The number of aromatic nitrogens is 4. The number of halogens is 1. The van der Waals surface area contributed by atoms with E-state index < -0.39 is 11.6 Å². The van der Waals surface area contributed by atoms with Crippen molar-refractivity contribution in [2.24, 2.45) is 0 Å². The molecule has 0 fully saturated rings. The summed E-state index contributed by atoms with van der Waals surface area (Å²) >= 11 is 6.30. The van der Waals surface area contributed by atoms with Gasteiger partial charge in [0.1, 0.15) is 18.1 Å². The maximum Gasteiger partial charge on any atom is 0.249 e. The maximum absolute atomic E-state index is 13.9. The first-order valence-corrected chi connectivity index (χ1v) is 11.7. The van der Waals surface area contributed by atoms with Gasteiger partial charge in [-0.2, -0.15) is 0 Å². The van der Waals surface area contributed by atoms with Gasteiger partial charge in [-0.05, 0) is 68.3 Å². The summed E-state index contributed by atoms with van der Waals surface area (Å²) in [5, 5.41) is 11.9. The molecule has 8 nitrogen and oxygen atoms in total. The molecule has 35 heavy (non-hydrogen) atoms.